The van der Waals surface area contributed by atoms with Crippen LogP contribution in [0.15, 0.2) is 15.6 Å². The molecule has 0 unspecified atom stereocenters. The van der Waals surface area contributed by atoms with E-state index in [1.54, 1.807) is 17.9 Å². The minimum Gasteiger partial charge on any atom is -0.360 e. The number of nitrogens with two attached hydrogens (primary N) is 1. The van der Waals surface area contributed by atoms with Gasteiger partial charge in [-0.15, -0.1) is 0 Å². The fraction of sp³-hybridized carbons (Fsp3) is 0.667. The summed E-state index contributed by atoms with van der Waals surface area (Å²) in [6, 6.07) is 1.75. The maximum absolute atomic E-state index is 12.6. The van der Waals surface area contributed by atoms with Crippen LogP contribution >= 0.6 is 0 Å². The topological polar surface area (TPSA) is 102 Å². The molecule has 2 N–H and O–H groups in total. The van der Waals surface area contributed by atoms with Crippen LogP contribution in [0, 0.1) is 0 Å². The smallest absolute Gasteiger partial charge is 0.276 e. The fourth-order valence-corrected chi connectivity index (χ4v) is 3.23. The van der Waals surface area contributed by atoms with E-state index < -0.39 is 0 Å². The van der Waals surface area contributed by atoms with Gasteiger partial charge in [-0.05, 0) is 45.4 Å². The quantitative estimate of drug-likeness (QED) is 0.881. The Balaban J connectivity index is 1.53. The minimum absolute atomic E-state index is 0.103. The van der Waals surface area contributed by atoms with Gasteiger partial charge in [0.2, 0.25) is 5.91 Å². The maximum Gasteiger partial charge on any atom is 0.276 e. The molecule has 136 valence electrons. The van der Waals surface area contributed by atoms with E-state index in [0.29, 0.717) is 11.6 Å². The van der Waals surface area contributed by atoms with E-state index in [2.05, 4.69) is 10.1 Å². The second-order valence-electron chi connectivity index (χ2n) is 7.29. The van der Waals surface area contributed by atoms with Crippen molar-refractivity contribution in [3.63, 3.8) is 0 Å². The number of hydrogen-bond acceptors (Lipinski definition) is 5. The van der Waals surface area contributed by atoms with Crippen molar-refractivity contribution in [3.05, 3.63) is 17.5 Å². The van der Waals surface area contributed by atoms with Crippen molar-refractivity contribution in [2.24, 2.45) is 10.7 Å². The lowest BCUT2D eigenvalue weighted by molar-refractivity contribution is -0.118. The van der Waals surface area contributed by atoms with Crippen molar-refractivity contribution in [2.45, 2.75) is 69.9 Å². The van der Waals surface area contributed by atoms with Gasteiger partial charge in [0.05, 0.1) is 0 Å². The lowest BCUT2D eigenvalue weighted by Crippen LogP contribution is -2.39. The van der Waals surface area contributed by atoms with E-state index in [9.17, 15) is 9.59 Å². The van der Waals surface area contributed by atoms with E-state index in [0.717, 1.165) is 50.0 Å². The highest BCUT2D eigenvalue weighted by molar-refractivity contribution is 5.96. The minimum atomic E-state index is -0.167. The molecule has 2 amide bonds. The van der Waals surface area contributed by atoms with Crippen molar-refractivity contribution in [1.82, 2.24) is 10.1 Å². The van der Waals surface area contributed by atoms with Crippen LogP contribution < -0.4 is 5.73 Å². The monoisotopic (exact) mass is 346 g/mol. The second-order valence-corrected chi connectivity index (χ2v) is 7.29. The fourth-order valence-electron chi connectivity index (χ4n) is 3.23. The molecule has 0 spiro atoms. The molecule has 1 aromatic rings. The van der Waals surface area contributed by atoms with Gasteiger partial charge in [0.15, 0.2) is 5.69 Å². The molecule has 0 bridgehead atoms. The summed E-state index contributed by atoms with van der Waals surface area (Å²) in [6.45, 7) is 1.80. The molecule has 1 aromatic heterocycles. The Hall–Kier alpha value is -2.02. The normalized spacial score (nSPS) is 21.7. The molecule has 2 aliphatic rings. The van der Waals surface area contributed by atoms with Crippen molar-refractivity contribution in [2.75, 3.05) is 7.05 Å². The predicted octanol–water partition coefficient (Wildman–Crippen LogP) is 2.27. The average Bonchev–Trinajstić information content (AvgIpc) is 3.30. The summed E-state index contributed by atoms with van der Waals surface area (Å²) in [5, 5.41) is 3.93. The number of carbonyl (C=O) groups excluding carboxylic acids is 2. The van der Waals surface area contributed by atoms with Gasteiger partial charge in [-0.2, -0.15) is 0 Å². The van der Waals surface area contributed by atoms with Crippen molar-refractivity contribution in [3.8, 4) is 0 Å². The number of aliphatic imine (C=N–C) groups is 1. The zero-order valence-electron chi connectivity index (χ0n) is 14.9. The Morgan fingerprint density at radius 1 is 1.36 bits per heavy atom. The van der Waals surface area contributed by atoms with Crippen molar-refractivity contribution in [1.29, 1.82) is 0 Å². The second kappa shape index (κ2) is 7.47. The Morgan fingerprint density at radius 2 is 2.04 bits per heavy atom. The summed E-state index contributed by atoms with van der Waals surface area (Å²) in [5.74, 6) is 1.01. The third-order valence-corrected chi connectivity index (χ3v) is 4.91. The first-order valence-corrected chi connectivity index (χ1v) is 9.02. The molecule has 2 saturated carbocycles. The number of aromatic nitrogens is 1. The molecule has 7 heteroatoms. The van der Waals surface area contributed by atoms with Crippen LogP contribution in [0.1, 0.15) is 74.0 Å². The molecule has 7 nitrogen and oxygen atoms in total. The average molecular weight is 346 g/mol. The van der Waals surface area contributed by atoms with Gasteiger partial charge in [-0.1, -0.05) is 5.16 Å². The highest BCUT2D eigenvalue weighted by atomic mass is 16.5. The van der Waals surface area contributed by atoms with Crippen LogP contribution in [-0.2, 0) is 4.79 Å². The van der Waals surface area contributed by atoms with Crippen LogP contribution in [0.4, 0.5) is 0 Å². The van der Waals surface area contributed by atoms with E-state index >= 15 is 0 Å². The highest BCUT2D eigenvalue weighted by Gasteiger charge is 2.31. The van der Waals surface area contributed by atoms with Gasteiger partial charge >= 0.3 is 0 Å². The maximum atomic E-state index is 12.6. The number of amides is 2. The Bertz CT molecular complexity index is 666. The van der Waals surface area contributed by atoms with Crippen LogP contribution in [-0.4, -0.2) is 46.7 Å². The third-order valence-electron chi connectivity index (χ3n) is 4.91. The van der Waals surface area contributed by atoms with Gasteiger partial charge in [0.1, 0.15) is 5.76 Å². The first-order valence-electron chi connectivity index (χ1n) is 9.02. The number of carbonyl (C=O) groups is 2. The molecule has 3 rings (SSSR count). The first kappa shape index (κ1) is 17.8. The lowest BCUT2D eigenvalue weighted by Gasteiger charge is -2.31. The molecule has 0 radical (unpaired) electrons. The van der Waals surface area contributed by atoms with Gasteiger partial charge < -0.3 is 15.2 Å². The number of nitrogens with zero attached hydrogens (tertiary/aromatic N) is 3. The van der Waals surface area contributed by atoms with Crippen LogP contribution in [0.2, 0.25) is 0 Å². The van der Waals surface area contributed by atoms with Gasteiger partial charge in [0.25, 0.3) is 5.91 Å². The van der Waals surface area contributed by atoms with Crippen LogP contribution in [0.3, 0.4) is 0 Å². The summed E-state index contributed by atoms with van der Waals surface area (Å²) in [4.78, 5) is 30.2. The summed E-state index contributed by atoms with van der Waals surface area (Å²) < 4.78 is 5.28. The Kier molecular flexibility index (Phi) is 5.32. The molecule has 0 saturated heterocycles. The third kappa shape index (κ3) is 4.54. The summed E-state index contributed by atoms with van der Waals surface area (Å²) in [7, 11) is 1.81. The predicted molar refractivity (Wildman–Crippen MR) is 93.5 cm³/mol. The number of rotatable bonds is 5. The van der Waals surface area contributed by atoms with Crippen molar-refractivity contribution >= 4 is 17.5 Å². The standard InChI is InChI=1S/C18H26N4O3/c1-11(19)9-17(23)20-13-5-7-14(8-6-13)22(2)18(24)15-10-16(25-21-15)12-3-4-12/h10-12,14H,3-9,19H2,1-2H3/t11-,14?/m0/s1. The molecule has 0 aromatic carbocycles. The Morgan fingerprint density at radius 3 is 2.64 bits per heavy atom. The summed E-state index contributed by atoms with van der Waals surface area (Å²) >= 11 is 0. The van der Waals surface area contributed by atoms with Crippen LogP contribution in [0.25, 0.3) is 0 Å². The molecule has 1 atom stereocenters. The van der Waals surface area contributed by atoms with E-state index in [-0.39, 0.29) is 30.3 Å². The zero-order valence-corrected chi connectivity index (χ0v) is 14.9. The van der Waals surface area contributed by atoms with Gasteiger partial charge in [-0.3, -0.25) is 9.59 Å². The summed E-state index contributed by atoms with van der Waals surface area (Å²) in [5.41, 5.74) is 6.93. The molecule has 2 fully saturated rings. The highest BCUT2D eigenvalue weighted by Crippen LogP contribution is 2.40. The molecular weight excluding hydrogens is 320 g/mol. The zero-order chi connectivity index (χ0) is 18.0. The van der Waals surface area contributed by atoms with Gasteiger partial charge in [0, 0.05) is 43.2 Å². The Labute approximate surface area is 147 Å². The molecule has 1 heterocycles. The molecule has 0 aliphatic heterocycles. The van der Waals surface area contributed by atoms with E-state index in [4.69, 9.17) is 10.3 Å². The first-order chi connectivity index (χ1) is 11.9. The van der Waals surface area contributed by atoms with Gasteiger partial charge in [-0.25, -0.2) is 4.99 Å². The van der Waals surface area contributed by atoms with Crippen molar-refractivity contribution < 1.29 is 14.1 Å². The lowest BCUT2D eigenvalue weighted by atomic mass is 9.92. The molecule has 2 aliphatic carbocycles. The molecule has 25 heavy (non-hydrogen) atoms. The summed E-state index contributed by atoms with van der Waals surface area (Å²) in [6.07, 6.45) is 5.59. The SMILES string of the molecule is C[C@H](N)CC(=O)N=C1CCC(N(C)C(=O)c2cc(C3CC3)on2)CC1. The van der Waals surface area contributed by atoms with E-state index in [1.165, 1.54) is 0 Å². The molecular formula is C18H26N4O3. The van der Waals surface area contributed by atoms with E-state index in [1.807, 2.05) is 7.05 Å². The number of hydrogen-bond donors (Lipinski definition) is 1. The largest absolute Gasteiger partial charge is 0.360 e. The van der Waals surface area contributed by atoms with Crippen LogP contribution in [0.5, 0.6) is 0 Å².